The van der Waals surface area contributed by atoms with Crippen molar-refractivity contribution in [1.82, 2.24) is 0 Å². The molecule has 2 unspecified atom stereocenters. The lowest BCUT2D eigenvalue weighted by Gasteiger charge is -2.36. The molecule has 2 aliphatic carbocycles. The third-order valence-electron chi connectivity index (χ3n) is 9.29. The first-order valence-electron chi connectivity index (χ1n) is 17.3. The summed E-state index contributed by atoms with van der Waals surface area (Å²) in [4.78, 5) is 0. The molecule has 0 fully saturated rings. The Morgan fingerprint density at radius 2 is 1.00 bits per heavy atom. The van der Waals surface area contributed by atoms with Crippen LogP contribution < -0.4 is 19.8 Å². The summed E-state index contributed by atoms with van der Waals surface area (Å²) in [6.07, 6.45) is 24.0. The smallest absolute Gasteiger partial charge is 0.122 e. The van der Waals surface area contributed by atoms with Crippen LogP contribution in [0.4, 0.5) is 0 Å². The highest BCUT2D eigenvalue weighted by atomic mass is 28.3. The van der Waals surface area contributed by atoms with Gasteiger partial charge in [-0.15, -0.1) is 0 Å². The van der Waals surface area contributed by atoms with Gasteiger partial charge in [0, 0.05) is 35.2 Å². The molecule has 2 aromatic rings. The van der Waals surface area contributed by atoms with Crippen LogP contribution in [-0.4, -0.2) is 42.6 Å². The first-order chi connectivity index (χ1) is 21.5. The van der Waals surface area contributed by atoms with Crippen molar-refractivity contribution in [2.45, 2.75) is 102 Å². The molecule has 0 saturated heterocycles. The highest BCUT2D eigenvalue weighted by Crippen LogP contribution is 2.43. The van der Waals surface area contributed by atoms with Crippen molar-refractivity contribution in [3.05, 3.63) is 96.1 Å². The van der Waals surface area contributed by atoms with Crippen LogP contribution in [0, 0.1) is 0 Å². The fourth-order valence-corrected chi connectivity index (χ4v) is 9.71. The molecule has 3 nitrogen and oxygen atoms in total. The Morgan fingerprint density at radius 3 is 1.33 bits per heavy atom. The van der Waals surface area contributed by atoms with Gasteiger partial charge in [-0.05, 0) is 48.9 Å². The molecule has 0 saturated carbocycles. The predicted molar refractivity (Wildman–Crippen MR) is 200 cm³/mol. The molecule has 0 spiro atoms. The van der Waals surface area contributed by atoms with Gasteiger partial charge in [-0.25, -0.2) is 0 Å². The monoisotopic (exact) mass is 642 g/mol. The van der Waals surface area contributed by atoms with E-state index in [1.807, 2.05) is 0 Å². The minimum absolute atomic E-state index is 0.133. The van der Waals surface area contributed by atoms with Gasteiger partial charge in [0.25, 0.3) is 0 Å². The number of ether oxygens (including phenoxy) is 3. The average Bonchev–Trinajstić information content (AvgIpc) is 3.02. The van der Waals surface area contributed by atoms with E-state index in [0.29, 0.717) is 13.2 Å². The lowest BCUT2D eigenvalue weighted by Crippen LogP contribution is -2.41. The van der Waals surface area contributed by atoms with Gasteiger partial charge in [-0.1, -0.05) is 138 Å². The van der Waals surface area contributed by atoms with Crippen molar-refractivity contribution < 1.29 is 14.2 Å². The lowest BCUT2D eigenvalue weighted by atomic mass is 9.72. The van der Waals surface area contributed by atoms with Gasteiger partial charge in [0.15, 0.2) is 0 Å². The summed E-state index contributed by atoms with van der Waals surface area (Å²) in [6.45, 7) is 21.8. The second kappa shape index (κ2) is 15.3. The quantitative estimate of drug-likeness (QED) is 0.135. The van der Waals surface area contributed by atoms with E-state index in [1.54, 1.807) is 0 Å². The molecule has 244 valence electrons. The Balaban J connectivity index is 1.57. The molecule has 45 heavy (non-hydrogen) atoms. The molecule has 2 aliphatic rings. The molecule has 0 bridgehead atoms. The SMILES string of the molecule is CCCOc1c(C2(CCOCCC3(c4cccc([Si](C)(C)C)c4OCCC)C=CC=CC3)C=CC=CC2)cccc1[Si](C)(C)C. The van der Waals surface area contributed by atoms with Crippen LogP contribution in [0.2, 0.25) is 39.3 Å². The maximum absolute atomic E-state index is 6.59. The molecule has 0 heterocycles. The van der Waals surface area contributed by atoms with E-state index < -0.39 is 16.1 Å². The molecule has 4 rings (SSSR count). The Hall–Kier alpha value is -2.61. The fourth-order valence-electron chi connectivity index (χ4n) is 6.74. The largest absolute Gasteiger partial charge is 0.493 e. The molecule has 0 radical (unpaired) electrons. The third-order valence-corrected chi connectivity index (χ3v) is 13.3. The van der Waals surface area contributed by atoms with Crippen molar-refractivity contribution in [2.24, 2.45) is 0 Å². The van der Waals surface area contributed by atoms with Crippen LogP contribution in [0.15, 0.2) is 85.0 Å². The zero-order valence-electron chi connectivity index (χ0n) is 29.4. The number of allylic oxidation sites excluding steroid dienone is 8. The standard InChI is InChI=1S/C40H58O3Si2/c1-9-29-42-37-33(19-17-21-35(37)44(3,4)5)39(23-13-11-14-24-39)27-31-41-32-28-40(25-15-12-16-26-40)34-20-18-22-36(45(6,7)8)38(34)43-30-10-2/h11-23,25H,9-10,24,26-32H2,1-8H3. The second-order valence-corrected chi connectivity index (χ2v) is 25.0. The Bertz CT molecular complexity index is 1290. The summed E-state index contributed by atoms with van der Waals surface area (Å²) < 4.78 is 19.7. The minimum atomic E-state index is -1.61. The minimum Gasteiger partial charge on any atom is -0.493 e. The van der Waals surface area contributed by atoms with Crippen LogP contribution in [0.1, 0.15) is 63.5 Å². The number of benzene rings is 2. The Kier molecular flexibility index (Phi) is 12.0. The summed E-state index contributed by atoms with van der Waals surface area (Å²) in [7, 11) is -3.21. The summed E-state index contributed by atoms with van der Waals surface area (Å²) in [5.74, 6) is 2.25. The summed E-state index contributed by atoms with van der Waals surface area (Å²) >= 11 is 0. The van der Waals surface area contributed by atoms with Gasteiger partial charge < -0.3 is 14.2 Å². The van der Waals surface area contributed by atoms with Gasteiger partial charge >= 0.3 is 0 Å². The van der Waals surface area contributed by atoms with Crippen LogP contribution in [0.25, 0.3) is 0 Å². The molecule has 2 atom stereocenters. The van der Waals surface area contributed by atoms with E-state index in [1.165, 1.54) is 21.5 Å². The van der Waals surface area contributed by atoms with Crippen LogP contribution >= 0.6 is 0 Å². The summed E-state index contributed by atoms with van der Waals surface area (Å²) in [6, 6.07) is 13.7. The highest BCUT2D eigenvalue weighted by Gasteiger charge is 2.37. The second-order valence-electron chi connectivity index (χ2n) is 15.0. The van der Waals surface area contributed by atoms with Crippen molar-refractivity contribution >= 4 is 26.5 Å². The predicted octanol–water partition coefficient (Wildman–Crippen LogP) is 9.36. The molecular formula is C40H58O3Si2. The summed E-state index contributed by atoms with van der Waals surface area (Å²) in [5, 5.41) is 2.83. The van der Waals surface area contributed by atoms with E-state index in [4.69, 9.17) is 14.2 Å². The van der Waals surface area contributed by atoms with E-state index in [0.717, 1.165) is 63.2 Å². The van der Waals surface area contributed by atoms with Crippen molar-refractivity contribution in [3.8, 4) is 11.5 Å². The fraction of sp³-hybridized carbons (Fsp3) is 0.500. The van der Waals surface area contributed by atoms with Gasteiger partial charge in [0.2, 0.25) is 0 Å². The normalized spacial score (nSPS) is 21.3. The van der Waals surface area contributed by atoms with E-state index >= 15 is 0 Å². The average molecular weight is 643 g/mol. The van der Waals surface area contributed by atoms with Crippen LogP contribution in [0.5, 0.6) is 11.5 Å². The third kappa shape index (κ3) is 8.41. The van der Waals surface area contributed by atoms with Crippen molar-refractivity contribution in [1.29, 1.82) is 0 Å². The van der Waals surface area contributed by atoms with Gasteiger partial charge in [-0.3, -0.25) is 0 Å². The summed E-state index contributed by atoms with van der Waals surface area (Å²) in [5.41, 5.74) is 2.37. The maximum Gasteiger partial charge on any atom is 0.122 e. The molecule has 0 aliphatic heterocycles. The Morgan fingerprint density at radius 1 is 0.578 bits per heavy atom. The lowest BCUT2D eigenvalue weighted by molar-refractivity contribution is 0.106. The molecule has 0 N–H and O–H groups in total. The number of hydrogen-bond donors (Lipinski definition) is 0. The first kappa shape index (κ1) is 35.3. The van der Waals surface area contributed by atoms with E-state index in [2.05, 4.69) is 138 Å². The molecular weight excluding hydrogens is 585 g/mol. The molecule has 5 heteroatoms. The van der Waals surface area contributed by atoms with Crippen molar-refractivity contribution in [2.75, 3.05) is 26.4 Å². The van der Waals surface area contributed by atoms with E-state index in [-0.39, 0.29) is 10.8 Å². The van der Waals surface area contributed by atoms with Gasteiger partial charge in [-0.2, -0.15) is 0 Å². The van der Waals surface area contributed by atoms with E-state index in [9.17, 15) is 0 Å². The van der Waals surface area contributed by atoms with Crippen LogP contribution in [-0.2, 0) is 15.6 Å². The maximum atomic E-state index is 6.59. The molecule has 0 amide bonds. The zero-order chi connectivity index (χ0) is 32.6. The molecule has 0 aromatic heterocycles. The van der Waals surface area contributed by atoms with Crippen LogP contribution in [0.3, 0.4) is 0 Å². The number of hydrogen-bond acceptors (Lipinski definition) is 3. The molecule has 2 aromatic carbocycles. The van der Waals surface area contributed by atoms with Crippen molar-refractivity contribution in [3.63, 3.8) is 0 Å². The zero-order valence-corrected chi connectivity index (χ0v) is 31.4. The van der Waals surface area contributed by atoms with Gasteiger partial charge in [0.05, 0.1) is 29.4 Å². The topological polar surface area (TPSA) is 27.7 Å². The number of para-hydroxylation sites is 2. The number of rotatable bonds is 16. The first-order valence-corrected chi connectivity index (χ1v) is 24.3. The Labute approximate surface area is 276 Å². The van der Waals surface area contributed by atoms with Gasteiger partial charge in [0.1, 0.15) is 11.5 Å². The highest BCUT2D eigenvalue weighted by molar-refractivity contribution is 6.89.